The molecule has 0 unspecified atom stereocenters. The van der Waals surface area contributed by atoms with Crippen LogP contribution in [0.1, 0.15) is 16.1 Å². The Hall–Kier alpha value is -1.11. The van der Waals surface area contributed by atoms with Gasteiger partial charge in [0.1, 0.15) is 0 Å². The molecular weight excluding hydrogens is 423 g/mol. The molecule has 0 saturated carbocycles. The van der Waals surface area contributed by atoms with Crippen LogP contribution in [-0.4, -0.2) is 18.1 Å². The maximum atomic E-state index is 11.6. The molecule has 1 aromatic carbocycles. The highest BCUT2D eigenvalue weighted by molar-refractivity contribution is 9.11. The van der Waals surface area contributed by atoms with Crippen LogP contribution in [0.15, 0.2) is 39.4 Å². The van der Waals surface area contributed by atoms with E-state index >= 15 is 0 Å². The summed E-state index contributed by atoms with van der Waals surface area (Å²) < 4.78 is 6.49. The van der Waals surface area contributed by atoms with Crippen molar-refractivity contribution in [2.24, 2.45) is 0 Å². The minimum atomic E-state index is -0.466. The van der Waals surface area contributed by atoms with E-state index < -0.39 is 5.97 Å². The van der Waals surface area contributed by atoms with Crippen LogP contribution in [0.3, 0.4) is 0 Å². The Morgan fingerprint density at radius 2 is 2.14 bits per heavy atom. The maximum Gasteiger partial charge on any atom is 0.339 e. The first kappa shape index (κ1) is 16.3. The second kappa shape index (κ2) is 7.24. The first-order valence-electron chi connectivity index (χ1n) is 5.93. The molecule has 0 spiro atoms. The fourth-order valence-electron chi connectivity index (χ4n) is 1.66. The first-order chi connectivity index (χ1) is 10.0. The third kappa shape index (κ3) is 4.18. The van der Waals surface area contributed by atoms with Crippen molar-refractivity contribution in [2.45, 2.75) is 6.54 Å². The monoisotopic (exact) mass is 432 g/mol. The van der Waals surface area contributed by atoms with Crippen molar-refractivity contribution in [3.63, 3.8) is 0 Å². The van der Waals surface area contributed by atoms with Gasteiger partial charge < -0.3 is 10.1 Å². The Morgan fingerprint density at radius 1 is 1.38 bits per heavy atom. The Balaban J connectivity index is 2.15. The number of hydrogen-bond donors (Lipinski definition) is 1. The zero-order chi connectivity index (χ0) is 15.4. The van der Waals surface area contributed by atoms with E-state index in [1.807, 2.05) is 6.07 Å². The van der Waals surface area contributed by atoms with Crippen LogP contribution in [0.25, 0.3) is 0 Å². The van der Waals surface area contributed by atoms with Crippen LogP contribution in [0.5, 0.6) is 0 Å². The highest BCUT2D eigenvalue weighted by Gasteiger charge is 2.11. The molecule has 0 saturated heterocycles. The van der Waals surface area contributed by atoms with Gasteiger partial charge in [-0.1, -0.05) is 11.6 Å². The number of nitrogens with zero attached hydrogens (tertiary/aromatic N) is 1. The van der Waals surface area contributed by atoms with Gasteiger partial charge in [0.25, 0.3) is 0 Å². The summed E-state index contributed by atoms with van der Waals surface area (Å²) in [7, 11) is 1.32. The van der Waals surface area contributed by atoms with Crippen molar-refractivity contribution in [2.75, 3.05) is 12.4 Å². The van der Waals surface area contributed by atoms with Crippen molar-refractivity contribution in [3.05, 3.63) is 55.7 Å². The van der Waals surface area contributed by atoms with Crippen LogP contribution < -0.4 is 5.32 Å². The molecule has 7 heteroatoms. The number of nitrogens with one attached hydrogen (secondary N) is 1. The first-order valence-corrected chi connectivity index (χ1v) is 7.89. The van der Waals surface area contributed by atoms with Gasteiger partial charge in [0.05, 0.1) is 29.9 Å². The molecule has 0 aliphatic rings. The minimum Gasteiger partial charge on any atom is -0.465 e. The molecule has 21 heavy (non-hydrogen) atoms. The number of halogens is 3. The zero-order valence-electron chi connectivity index (χ0n) is 11.0. The smallest absolute Gasteiger partial charge is 0.339 e. The van der Waals surface area contributed by atoms with Gasteiger partial charge in [-0.15, -0.1) is 0 Å². The number of rotatable bonds is 4. The summed E-state index contributed by atoms with van der Waals surface area (Å²) >= 11 is 12.8. The summed E-state index contributed by atoms with van der Waals surface area (Å²) in [5, 5.41) is 3.55. The summed E-state index contributed by atoms with van der Waals surface area (Å²) in [6.07, 6.45) is 1.73. The van der Waals surface area contributed by atoms with Gasteiger partial charge in [-0.05, 0) is 56.1 Å². The molecule has 1 N–H and O–H groups in total. The number of esters is 1. The molecule has 2 aromatic rings. The van der Waals surface area contributed by atoms with E-state index in [0.29, 0.717) is 17.1 Å². The third-order valence-electron chi connectivity index (χ3n) is 2.72. The van der Waals surface area contributed by atoms with Crippen LogP contribution in [-0.2, 0) is 11.3 Å². The van der Waals surface area contributed by atoms with Gasteiger partial charge in [0.2, 0.25) is 0 Å². The zero-order valence-corrected chi connectivity index (χ0v) is 14.9. The summed E-state index contributed by atoms with van der Waals surface area (Å²) in [6, 6.07) is 7.02. The van der Waals surface area contributed by atoms with E-state index in [1.165, 1.54) is 7.11 Å². The van der Waals surface area contributed by atoms with Gasteiger partial charge in [-0.3, -0.25) is 4.98 Å². The molecule has 1 aromatic heterocycles. The fraction of sp³-hybridized carbons (Fsp3) is 0.143. The molecule has 1 heterocycles. The topological polar surface area (TPSA) is 51.2 Å². The number of carbonyl (C=O) groups is 1. The highest BCUT2D eigenvalue weighted by atomic mass is 79.9. The van der Waals surface area contributed by atoms with E-state index in [2.05, 4.69) is 42.2 Å². The SMILES string of the molecule is COC(=O)c1cc(NCc2ncc(Br)cc2Br)ccc1Cl. The molecule has 0 atom stereocenters. The van der Waals surface area contributed by atoms with Gasteiger partial charge in [-0.25, -0.2) is 4.79 Å². The molecule has 0 amide bonds. The third-order valence-corrected chi connectivity index (χ3v) is 4.17. The lowest BCUT2D eigenvalue weighted by atomic mass is 10.2. The standard InChI is InChI=1S/C14H11Br2ClN2O2/c1-21-14(20)10-5-9(2-3-12(10)17)18-7-13-11(16)4-8(15)6-19-13/h2-6,18H,7H2,1H3. The molecule has 0 fully saturated rings. The summed E-state index contributed by atoms with van der Waals surface area (Å²) in [5.74, 6) is -0.466. The summed E-state index contributed by atoms with van der Waals surface area (Å²) in [4.78, 5) is 15.9. The number of carbonyl (C=O) groups excluding carboxylic acids is 1. The molecular formula is C14H11Br2ClN2O2. The quantitative estimate of drug-likeness (QED) is 0.712. The van der Waals surface area contributed by atoms with Gasteiger partial charge >= 0.3 is 5.97 Å². The van der Waals surface area contributed by atoms with E-state index in [-0.39, 0.29) is 0 Å². The molecule has 0 radical (unpaired) electrons. The number of methoxy groups -OCH3 is 1. The number of ether oxygens (including phenoxy) is 1. The predicted octanol–water partition coefficient (Wildman–Crippen LogP) is 4.66. The Morgan fingerprint density at radius 3 is 2.81 bits per heavy atom. The molecule has 110 valence electrons. The summed E-state index contributed by atoms with van der Waals surface area (Å²) in [5.41, 5.74) is 1.94. The number of anilines is 1. The molecule has 0 aliphatic carbocycles. The van der Waals surface area contributed by atoms with E-state index in [9.17, 15) is 4.79 Å². The summed E-state index contributed by atoms with van der Waals surface area (Å²) in [6.45, 7) is 0.510. The molecule has 4 nitrogen and oxygen atoms in total. The lowest BCUT2D eigenvalue weighted by Crippen LogP contribution is -2.06. The maximum absolute atomic E-state index is 11.6. The van der Waals surface area contributed by atoms with Crippen molar-refractivity contribution < 1.29 is 9.53 Å². The molecule has 0 aliphatic heterocycles. The second-order valence-electron chi connectivity index (χ2n) is 4.12. The van der Waals surface area contributed by atoms with E-state index in [1.54, 1.807) is 24.4 Å². The Kier molecular flexibility index (Phi) is 5.61. The van der Waals surface area contributed by atoms with Crippen molar-refractivity contribution in [3.8, 4) is 0 Å². The molecule has 0 bridgehead atoms. The lowest BCUT2D eigenvalue weighted by Gasteiger charge is -2.10. The number of hydrogen-bond acceptors (Lipinski definition) is 4. The van der Waals surface area contributed by atoms with Crippen molar-refractivity contribution in [1.29, 1.82) is 0 Å². The van der Waals surface area contributed by atoms with Gasteiger partial charge in [0.15, 0.2) is 0 Å². The Bertz CT molecular complexity index is 680. The fourth-order valence-corrected chi connectivity index (χ4v) is 2.98. The number of benzene rings is 1. The largest absolute Gasteiger partial charge is 0.465 e. The van der Waals surface area contributed by atoms with Crippen LogP contribution in [0.4, 0.5) is 5.69 Å². The molecule has 2 rings (SSSR count). The number of aromatic nitrogens is 1. The average Bonchev–Trinajstić information content (AvgIpc) is 2.47. The predicted molar refractivity (Wildman–Crippen MR) is 89.8 cm³/mol. The second-order valence-corrected chi connectivity index (χ2v) is 6.30. The van der Waals surface area contributed by atoms with E-state index in [0.717, 1.165) is 20.3 Å². The Labute approximate surface area is 144 Å². The van der Waals surface area contributed by atoms with Crippen molar-refractivity contribution in [1.82, 2.24) is 4.98 Å². The number of pyridine rings is 1. The minimum absolute atomic E-state index is 0.326. The van der Waals surface area contributed by atoms with Crippen LogP contribution in [0.2, 0.25) is 5.02 Å². The van der Waals surface area contributed by atoms with Crippen molar-refractivity contribution >= 4 is 55.1 Å². The lowest BCUT2D eigenvalue weighted by molar-refractivity contribution is 0.0601. The van der Waals surface area contributed by atoms with E-state index in [4.69, 9.17) is 16.3 Å². The normalized spacial score (nSPS) is 10.3. The van der Waals surface area contributed by atoms with Gasteiger partial charge in [0, 0.05) is 20.8 Å². The average molecular weight is 435 g/mol. The van der Waals surface area contributed by atoms with Crippen LogP contribution >= 0.6 is 43.5 Å². The van der Waals surface area contributed by atoms with Crippen LogP contribution in [0, 0.1) is 0 Å². The van der Waals surface area contributed by atoms with Gasteiger partial charge in [-0.2, -0.15) is 0 Å². The highest BCUT2D eigenvalue weighted by Crippen LogP contribution is 2.23.